The molecule has 1 aromatic heterocycles. The highest BCUT2D eigenvalue weighted by Gasteiger charge is 2.39. The zero-order valence-corrected chi connectivity index (χ0v) is 15.5. The predicted molar refractivity (Wildman–Crippen MR) is 89.6 cm³/mol. The zero-order chi connectivity index (χ0) is 15.0. The van der Waals surface area contributed by atoms with E-state index in [1.54, 1.807) is 10.4 Å². The van der Waals surface area contributed by atoms with E-state index < -0.39 is 10.0 Å². The average molecular weight is 414 g/mol. The number of nitrogens with one attached hydrogen (secondary N) is 1. The SMILES string of the molecule is O=S(=O)(c1cc(Cl)c(Br)s1)N1CCCCC1C1CCCN1. The molecular weight excluding hydrogens is 396 g/mol. The first-order valence-electron chi connectivity index (χ1n) is 7.20. The van der Waals surface area contributed by atoms with E-state index in [0.717, 1.165) is 38.6 Å². The molecule has 3 heterocycles. The van der Waals surface area contributed by atoms with Crippen LogP contribution < -0.4 is 5.32 Å². The third-order valence-electron chi connectivity index (χ3n) is 4.25. The van der Waals surface area contributed by atoms with Gasteiger partial charge in [-0.3, -0.25) is 0 Å². The molecule has 1 aromatic rings. The quantitative estimate of drug-likeness (QED) is 0.825. The number of sulfonamides is 1. The molecule has 0 aromatic carbocycles. The summed E-state index contributed by atoms with van der Waals surface area (Å²) in [5, 5.41) is 3.92. The highest BCUT2D eigenvalue weighted by atomic mass is 79.9. The van der Waals surface area contributed by atoms with E-state index in [2.05, 4.69) is 21.2 Å². The maximum atomic E-state index is 12.9. The minimum atomic E-state index is -3.45. The van der Waals surface area contributed by atoms with E-state index >= 15 is 0 Å². The van der Waals surface area contributed by atoms with Crippen LogP contribution in [0.15, 0.2) is 14.1 Å². The van der Waals surface area contributed by atoms with Gasteiger partial charge in [0.2, 0.25) is 0 Å². The van der Waals surface area contributed by atoms with Crippen LogP contribution in [-0.4, -0.2) is 37.9 Å². The second-order valence-electron chi connectivity index (χ2n) is 5.57. The first-order valence-corrected chi connectivity index (χ1v) is 10.6. The molecule has 0 bridgehead atoms. The second kappa shape index (κ2) is 6.45. The Morgan fingerprint density at radius 3 is 2.76 bits per heavy atom. The Hall–Kier alpha value is 0.340. The molecule has 21 heavy (non-hydrogen) atoms. The molecule has 0 radical (unpaired) electrons. The van der Waals surface area contributed by atoms with Gasteiger partial charge >= 0.3 is 0 Å². The topological polar surface area (TPSA) is 49.4 Å². The van der Waals surface area contributed by atoms with Crippen LogP contribution in [0.1, 0.15) is 32.1 Å². The van der Waals surface area contributed by atoms with E-state index in [1.807, 2.05) is 0 Å². The van der Waals surface area contributed by atoms with Gasteiger partial charge in [-0.05, 0) is 54.2 Å². The Balaban J connectivity index is 1.91. The van der Waals surface area contributed by atoms with Crippen molar-refractivity contribution >= 4 is 48.9 Å². The molecule has 2 aliphatic rings. The fourth-order valence-corrected chi connectivity index (χ4v) is 7.50. The van der Waals surface area contributed by atoms with E-state index in [9.17, 15) is 8.42 Å². The summed E-state index contributed by atoms with van der Waals surface area (Å²) in [4.78, 5) is 0. The maximum absolute atomic E-state index is 12.9. The highest BCUT2D eigenvalue weighted by molar-refractivity contribution is 9.11. The van der Waals surface area contributed by atoms with Gasteiger partial charge in [0.25, 0.3) is 10.0 Å². The summed E-state index contributed by atoms with van der Waals surface area (Å²) < 4.78 is 28.6. The number of nitrogens with zero attached hydrogens (tertiary/aromatic N) is 1. The lowest BCUT2D eigenvalue weighted by molar-refractivity contribution is 0.211. The Morgan fingerprint density at radius 1 is 1.33 bits per heavy atom. The summed E-state index contributed by atoms with van der Waals surface area (Å²) >= 11 is 10.5. The molecule has 1 N–H and O–H groups in total. The van der Waals surface area contributed by atoms with Crippen molar-refractivity contribution in [3.63, 3.8) is 0 Å². The number of thiophene rings is 1. The molecule has 4 nitrogen and oxygen atoms in total. The van der Waals surface area contributed by atoms with Gasteiger partial charge in [-0.25, -0.2) is 8.42 Å². The number of piperidine rings is 1. The minimum absolute atomic E-state index is 0.0749. The van der Waals surface area contributed by atoms with Crippen molar-refractivity contribution in [2.24, 2.45) is 0 Å². The lowest BCUT2D eigenvalue weighted by Gasteiger charge is -2.37. The number of halogens is 2. The molecule has 0 saturated carbocycles. The molecule has 8 heteroatoms. The van der Waals surface area contributed by atoms with Crippen molar-refractivity contribution < 1.29 is 8.42 Å². The van der Waals surface area contributed by atoms with Crippen LogP contribution in [0.2, 0.25) is 5.02 Å². The van der Waals surface area contributed by atoms with Crippen molar-refractivity contribution in [3.05, 3.63) is 14.9 Å². The Kier molecular flexibility index (Phi) is 4.98. The van der Waals surface area contributed by atoms with Crippen molar-refractivity contribution in [3.8, 4) is 0 Å². The van der Waals surface area contributed by atoms with Gasteiger partial charge in [0.05, 0.1) is 8.81 Å². The summed E-state index contributed by atoms with van der Waals surface area (Å²) in [5.41, 5.74) is 0. The lowest BCUT2D eigenvalue weighted by Crippen LogP contribution is -2.52. The van der Waals surface area contributed by atoms with Gasteiger partial charge in [-0.1, -0.05) is 18.0 Å². The molecule has 2 aliphatic heterocycles. The molecule has 0 amide bonds. The molecule has 3 rings (SSSR count). The van der Waals surface area contributed by atoms with Crippen LogP contribution >= 0.6 is 38.9 Å². The fraction of sp³-hybridized carbons (Fsp3) is 0.692. The van der Waals surface area contributed by atoms with Crippen LogP contribution in [0.5, 0.6) is 0 Å². The first kappa shape index (κ1) is 16.2. The molecule has 2 atom stereocenters. The summed E-state index contributed by atoms with van der Waals surface area (Å²) in [6.45, 7) is 1.60. The summed E-state index contributed by atoms with van der Waals surface area (Å²) in [6.07, 6.45) is 5.17. The second-order valence-corrected chi connectivity index (χ2v) is 10.5. The minimum Gasteiger partial charge on any atom is -0.312 e. The van der Waals surface area contributed by atoms with Crippen LogP contribution in [0.25, 0.3) is 0 Å². The van der Waals surface area contributed by atoms with Crippen molar-refractivity contribution in [1.82, 2.24) is 9.62 Å². The highest BCUT2D eigenvalue weighted by Crippen LogP contribution is 2.38. The third kappa shape index (κ3) is 3.19. The van der Waals surface area contributed by atoms with Gasteiger partial charge in [-0.15, -0.1) is 11.3 Å². The molecule has 0 aliphatic carbocycles. The molecule has 0 spiro atoms. The van der Waals surface area contributed by atoms with Crippen molar-refractivity contribution in [1.29, 1.82) is 0 Å². The van der Waals surface area contributed by atoms with Gasteiger partial charge in [0.1, 0.15) is 4.21 Å². The van der Waals surface area contributed by atoms with E-state index in [0.29, 0.717) is 25.6 Å². The molecule has 2 saturated heterocycles. The van der Waals surface area contributed by atoms with Crippen molar-refractivity contribution in [2.75, 3.05) is 13.1 Å². The normalized spacial score (nSPS) is 28.1. The van der Waals surface area contributed by atoms with Gasteiger partial charge in [0.15, 0.2) is 0 Å². The summed E-state index contributed by atoms with van der Waals surface area (Å²) in [7, 11) is -3.45. The van der Waals surface area contributed by atoms with E-state index in [1.165, 1.54) is 11.3 Å². The Morgan fingerprint density at radius 2 is 2.14 bits per heavy atom. The standard InChI is InChI=1S/C13H18BrClN2O2S2/c14-13-9(15)8-12(20-13)21(18,19)17-7-2-1-5-11(17)10-4-3-6-16-10/h8,10-11,16H,1-7H2. The number of hydrogen-bond donors (Lipinski definition) is 1. The van der Waals surface area contributed by atoms with Gasteiger partial charge in [0, 0.05) is 18.6 Å². The number of hydrogen-bond acceptors (Lipinski definition) is 4. The van der Waals surface area contributed by atoms with Crippen LogP contribution in [0.4, 0.5) is 0 Å². The van der Waals surface area contributed by atoms with Crippen LogP contribution in [0.3, 0.4) is 0 Å². The maximum Gasteiger partial charge on any atom is 0.252 e. The summed E-state index contributed by atoms with van der Waals surface area (Å²) in [6, 6.07) is 1.92. The Labute approximate surface area is 143 Å². The van der Waals surface area contributed by atoms with Gasteiger partial charge in [-0.2, -0.15) is 4.31 Å². The average Bonchev–Trinajstić information content (AvgIpc) is 3.10. The van der Waals surface area contributed by atoms with Gasteiger partial charge < -0.3 is 5.32 Å². The molecular formula is C13H18BrClN2O2S2. The fourth-order valence-electron chi connectivity index (χ4n) is 3.24. The first-order chi connectivity index (χ1) is 10.00. The zero-order valence-electron chi connectivity index (χ0n) is 11.5. The van der Waals surface area contributed by atoms with Crippen LogP contribution in [0, 0.1) is 0 Å². The van der Waals surface area contributed by atoms with Crippen LogP contribution in [-0.2, 0) is 10.0 Å². The molecule has 2 fully saturated rings. The largest absolute Gasteiger partial charge is 0.312 e. The predicted octanol–water partition coefficient (Wildman–Crippen LogP) is 3.46. The molecule has 118 valence electrons. The third-order valence-corrected chi connectivity index (χ3v) is 9.10. The van der Waals surface area contributed by atoms with E-state index in [-0.39, 0.29) is 6.04 Å². The van der Waals surface area contributed by atoms with E-state index in [4.69, 9.17) is 11.6 Å². The lowest BCUT2D eigenvalue weighted by atomic mass is 9.97. The van der Waals surface area contributed by atoms with Crippen molar-refractivity contribution in [2.45, 2.75) is 48.4 Å². The Bertz CT molecular complexity index is 594. The smallest absolute Gasteiger partial charge is 0.252 e. The monoisotopic (exact) mass is 412 g/mol. The number of rotatable bonds is 3. The molecule has 2 unspecified atom stereocenters. The summed E-state index contributed by atoms with van der Waals surface area (Å²) in [5.74, 6) is 0.